The Morgan fingerprint density at radius 3 is 2.74 bits per heavy atom. The van der Waals surface area contributed by atoms with Crippen molar-refractivity contribution in [3.63, 3.8) is 0 Å². The molecule has 0 spiro atoms. The van der Waals surface area contributed by atoms with E-state index in [2.05, 4.69) is 26.3 Å². The van der Waals surface area contributed by atoms with Crippen LogP contribution in [0.25, 0.3) is 0 Å². The van der Waals surface area contributed by atoms with Gasteiger partial charge in [0.1, 0.15) is 0 Å². The molecule has 1 heterocycles. The minimum absolute atomic E-state index is 0.0618. The number of aryl methyl sites for hydroxylation is 2. The largest absolute Gasteiger partial charge is 0.350 e. The first-order valence-corrected chi connectivity index (χ1v) is 6.88. The van der Waals surface area contributed by atoms with E-state index in [1.165, 1.54) is 0 Å². The molecule has 0 bridgehead atoms. The van der Waals surface area contributed by atoms with E-state index in [4.69, 9.17) is 0 Å². The lowest BCUT2D eigenvalue weighted by Crippen LogP contribution is -2.27. The Bertz CT molecular complexity index is 572. The summed E-state index contributed by atoms with van der Waals surface area (Å²) in [6, 6.07) is 5.67. The molecule has 19 heavy (non-hydrogen) atoms. The van der Waals surface area contributed by atoms with Crippen molar-refractivity contribution in [3.05, 3.63) is 51.8 Å². The second-order valence-electron chi connectivity index (χ2n) is 4.55. The van der Waals surface area contributed by atoms with Crippen LogP contribution in [0.2, 0.25) is 0 Å². The van der Waals surface area contributed by atoms with Crippen LogP contribution in [0.4, 0.5) is 0 Å². The van der Waals surface area contributed by atoms with Crippen molar-refractivity contribution in [2.45, 2.75) is 20.4 Å². The Hall–Kier alpha value is -1.62. The monoisotopic (exact) mass is 321 g/mol. The molecule has 0 saturated heterocycles. The predicted octanol–water partition coefficient (Wildman–Crippen LogP) is 2.69. The molecule has 100 valence electrons. The molecule has 0 aliphatic heterocycles. The summed E-state index contributed by atoms with van der Waals surface area (Å²) in [6.45, 7) is 5.19. The molecule has 0 saturated carbocycles. The first kappa shape index (κ1) is 13.8. The minimum Gasteiger partial charge on any atom is -0.350 e. The lowest BCUT2D eigenvalue weighted by atomic mass is 10.1. The molecule has 0 fully saturated rings. The van der Waals surface area contributed by atoms with E-state index in [0.717, 1.165) is 15.6 Å². The fourth-order valence-corrected chi connectivity index (χ4v) is 2.45. The van der Waals surface area contributed by atoms with Crippen molar-refractivity contribution in [2.75, 3.05) is 6.54 Å². The number of halogens is 1. The summed E-state index contributed by atoms with van der Waals surface area (Å²) in [6.07, 6.45) is 3.76. The summed E-state index contributed by atoms with van der Waals surface area (Å²) in [5.41, 5.74) is 2.85. The topological polar surface area (TPSA) is 46.9 Å². The average molecular weight is 322 g/mol. The summed E-state index contributed by atoms with van der Waals surface area (Å²) in [7, 11) is 0. The number of nitrogens with one attached hydrogen (secondary N) is 1. The zero-order valence-corrected chi connectivity index (χ0v) is 12.6. The number of hydrogen-bond donors (Lipinski definition) is 1. The summed E-state index contributed by atoms with van der Waals surface area (Å²) in [5.74, 6) is -0.0618. The highest BCUT2D eigenvalue weighted by atomic mass is 79.9. The number of carbonyl (C=O) groups excluding carboxylic acids is 1. The molecule has 1 amide bonds. The Morgan fingerprint density at radius 2 is 2.11 bits per heavy atom. The Balaban J connectivity index is 1.90. The van der Waals surface area contributed by atoms with Crippen LogP contribution in [-0.2, 0) is 6.54 Å². The van der Waals surface area contributed by atoms with Gasteiger partial charge >= 0.3 is 0 Å². The highest BCUT2D eigenvalue weighted by Gasteiger charge is 2.06. The molecular weight excluding hydrogens is 306 g/mol. The SMILES string of the molecule is Cc1cc(Br)cc(C(=O)NCCn2cc(C)cn2)c1. The molecule has 1 aromatic heterocycles. The molecule has 4 nitrogen and oxygen atoms in total. The van der Waals surface area contributed by atoms with Crippen LogP contribution in [0.3, 0.4) is 0 Å². The van der Waals surface area contributed by atoms with Gasteiger partial charge in [0.2, 0.25) is 0 Å². The fraction of sp³-hybridized carbons (Fsp3) is 0.286. The Kier molecular flexibility index (Phi) is 4.37. The van der Waals surface area contributed by atoms with Crippen molar-refractivity contribution in [1.29, 1.82) is 0 Å². The maximum absolute atomic E-state index is 12.0. The maximum Gasteiger partial charge on any atom is 0.251 e. The number of amides is 1. The number of rotatable bonds is 4. The van der Waals surface area contributed by atoms with Crippen molar-refractivity contribution < 1.29 is 4.79 Å². The number of hydrogen-bond acceptors (Lipinski definition) is 2. The van der Waals surface area contributed by atoms with E-state index in [0.29, 0.717) is 18.7 Å². The quantitative estimate of drug-likeness (QED) is 0.941. The van der Waals surface area contributed by atoms with Gasteiger partial charge in [0.25, 0.3) is 5.91 Å². The van der Waals surface area contributed by atoms with Gasteiger partial charge in [0.05, 0.1) is 12.7 Å². The van der Waals surface area contributed by atoms with E-state index >= 15 is 0 Å². The first-order chi connectivity index (χ1) is 9.04. The van der Waals surface area contributed by atoms with Gasteiger partial charge in [-0.15, -0.1) is 0 Å². The number of carbonyl (C=O) groups is 1. The van der Waals surface area contributed by atoms with Gasteiger partial charge < -0.3 is 5.32 Å². The normalized spacial score (nSPS) is 10.5. The molecule has 2 aromatic rings. The third-order valence-electron chi connectivity index (χ3n) is 2.69. The van der Waals surface area contributed by atoms with Gasteiger partial charge in [-0.2, -0.15) is 5.10 Å². The van der Waals surface area contributed by atoms with Crippen LogP contribution in [-0.4, -0.2) is 22.2 Å². The van der Waals surface area contributed by atoms with Crippen LogP contribution in [0.15, 0.2) is 35.1 Å². The minimum atomic E-state index is -0.0618. The molecule has 0 atom stereocenters. The van der Waals surface area contributed by atoms with Crippen LogP contribution >= 0.6 is 15.9 Å². The fourth-order valence-electron chi connectivity index (χ4n) is 1.84. The van der Waals surface area contributed by atoms with Crippen molar-refractivity contribution in [2.24, 2.45) is 0 Å². The van der Waals surface area contributed by atoms with Gasteiger partial charge in [-0.25, -0.2) is 0 Å². The van der Waals surface area contributed by atoms with E-state index in [1.54, 1.807) is 6.20 Å². The third-order valence-corrected chi connectivity index (χ3v) is 3.15. The highest BCUT2D eigenvalue weighted by Crippen LogP contribution is 2.15. The van der Waals surface area contributed by atoms with Crippen LogP contribution in [0, 0.1) is 13.8 Å². The molecular formula is C14H16BrN3O. The summed E-state index contributed by atoms with van der Waals surface area (Å²) >= 11 is 3.39. The van der Waals surface area contributed by atoms with Crippen LogP contribution in [0.5, 0.6) is 0 Å². The summed E-state index contributed by atoms with van der Waals surface area (Å²) < 4.78 is 2.74. The second-order valence-corrected chi connectivity index (χ2v) is 5.47. The lowest BCUT2D eigenvalue weighted by molar-refractivity contribution is 0.0952. The molecule has 2 rings (SSSR count). The van der Waals surface area contributed by atoms with E-state index < -0.39 is 0 Å². The van der Waals surface area contributed by atoms with Gasteiger partial charge in [-0.05, 0) is 43.2 Å². The standard InChI is InChI=1S/C14H16BrN3O/c1-10-5-12(7-13(15)6-10)14(19)16-3-4-18-9-11(2)8-17-18/h5-9H,3-4H2,1-2H3,(H,16,19). The molecule has 0 aliphatic carbocycles. The summed E-state index contributed by atoms with van der Waals surface area (Å²) in [5, 5.41) is 7.06. The molecule has 1 aromatic carbocycles. The van der Waals surface area contributed by atoms with E-state index in [-0.39, 0.29) is 5.91 Å². The third kappa shape index (κ3) is 3.92. The van der Waals surface area contributed by atoms with E-state index in [1.807, 2.05) is 42.9 Å². The number of benzene rings is 1. The number of nitrogens with zero attached hydrogens (tertiary/aromatic N) is 2. The maximum atomic E-state index is 12.0. The Labute approximate surface area is 120 Å². The van der Waals surface area contributed by atoms with Gasteiger partial charge in [-0.1, -0.05) is 15.9 Å². The first-order valence-electron chi connectivity index (χ1n) is 6.09. The van der Waals surface area contributed by atoms with Crippen LogP contribution < -0.4 is 5.32 Å². The zero-order chi connectivity index (χ0) is 13.8. The highest BCUT2D eigenvalue weighted by molar-refractivity contribution is 9.10. The zero-order valence-electron chi connectivity index (χ0n) is 11.0. The van der Waals surface area contributed by atoms with Crippen molar-refractivity contribution >= 4 is 21.8 Å². The second kappa shape index (κ2) is 6.02. The van der Waals surface area contributed by atoms with Crippen molar-refractivity contribution in [3.8, 4) is 0 Å². The van der Waals surface area contributed by atoms with Crippen molar-refractivity contribution in [1.82, 2.24) is 15.1 Å². The molecule has 0 radical (unpaired) electrons. The summed E-state index contributed by atoms with van der Waals surface area (Å²) in [4.78, 5) is 12.0. The molecule has 0 aliphatic rings. The predicted molar refractivity (Wildman–Crippen MR) is 78.2 cm³/mol. The Morgan fingerprint density at radius 1 is 1.32 bits per heavy atom. The molecule has 0 unspecified atom stereocenters. The molecule has 5 heteroatoms. The van der Waals surface area contributed by atoms with Gasteiger partial charge in [0.15, 0.2) is 0 Å². The smallest absolute Gasteiger partial charge is 0.251 e. The van der Waals surface area contributed by atoms with Gasteiger partial charge in [0, 0.05) is 22.8 Å². The van der Waals surface area contributed by atoms with Gasteiger partial charge in [-0.3, -0.25) is 9.48 Å². The van der Waals surface area contributed by atoms with Crippen LogP contribution in [0.1, 0.15) is 21.5 Å². The van der Waals surface area contributed by atoms with E-state index in [9.17, 15) is 4.79 Å². The average Bonchev–Trinajstić information content (AvgIpc) is 2.73. The number of aromatic nitrogens is 2. The lowest BCUT2D eigenvalue weighted by Gasteiger charge is -2.07. The molecule has 1 N–H and O–H groups in total.